The standard InChI is InChI=1S/C27H21F2N7O/c1-27(16-6-8-17(28)9-7-16)21-22(30)33-23(34-24(21)35-26(27)37)20-14-36-12-11-31-25(36)19(32-20)10-5-15-3-2-4-18(29)13-15/h2-4,6-9,11-14H,5,10H2,1H3,(H3,30,33,34,35,37). The molecule has 2 aromatic carbocycles. The van der Waals surface area contributed by atoms with E-state index in [9.17, 15) is 13.6 Å². The van der Waals surface area contributed by atoms with E-state index in [4.69, 9.17) is 10.7 Å². The summed E-state index contributed by atoms with van der Waals surface area (Å²) in [5.41, 5.74) is 8.88. The minimum absolute atomic E-state index is 0.124. The van der Waals surface area contributed by atoms with E-state index < -0.39 is 11.2 Å². The average Bonchev–Trinajstić information content (AvgIpc) is 3.45. The molecule has 1 amide bonds. The Hall–Kier alpha value is -4.73. The molecule has 8 nitrogen and oxygen atoms in total. The molecule has 0 saturated heterocycles. The lowest BCUT2D eigenvalue weighted by Crippen LogP contribution is -2.33. The molecule has 0 bridgehead atoms. The van der Waals surface area contributed by atoms with E-state index in [2.05, 4.69) is 20.3 Å². The summed E-state index contributed by atoms with van der Waals surface area (Å²) in [6, 6.07) is 12.1. The Morgan fingerprint density at radius 3 is 2.62 bits per heavy atom. The zero-order valence-electron chi connectivity index (χ0n) is 19.7. The highest BCUT2D eigenvalue weighted by Gasteiger charge is 2.47. The van der Waals surface area contributed by atoms with Crippen LogP contribution < -0.4 is 11.1 Å². The second-order valence-corrected chi connectivity index (χ2v) is 9.10. The summed E-state index contributed by atoms with van der Waals surface area (Å²) < 4.78 is 29.0. The van der Waals surface area contributed by atoms with Gasteiger partial charge in [-0.1, -0.05) is 24.3 Å². The largest absolute Gasteiger partial charge is 0.383 e. The van der Waals surface area contributed by atoms with E-state index >= 15 is 0 Å². The first-order valence-electron chi connectivity index (χ1n) is 11.7. The molecule has 0 aliphatic carbocycles. The molecular weight excluding hydrogens is 476 g/mol. The zero-order chi connectivity index (χ0) is 25.7. The highest BCUT2D eigenvalue weighted by Crippen LogP contribution is 2.44. The van der Waals surface area contributed by atoms with E-state index in [0.717, 1.165) is 5.56 Å². The van der Waals surface area contributed by atoms with Crippen LogP contribution in [0.15, 0.2) is 67.1 Å². The van der Waals surface area contributed by atoms with E-state index in [-0.39, 0.29) is 29.2 Å². The van der Waals surface area contributed by atoms with E-state index in [1.54, 1.807) is 43.7 Å². The SMILES string of the molecule is CC1(c2ccc(F)cc2)C(=O)Nc2nc(-c3cn4ccnc4c(CCc4cccc(F)c4)n3)nc(N)c21. The predicted octanol–water partition coefficient (Wildman–Crippen LogP) is 4.09. The van der Waals surface area contributed by atoms with Gasteiger partial charge in [0.15, 0.2) is 11.5 Å². The van der Waals surface area contributed by atoms with Crippen LogP contribution in [-0.2, 0) is 23.1 Å². The first-order chi connectivity index (χ1) is 17.8. The fraction of sp³-hybridized carbons (Fsp3) is 0.148. The first kappa shape index (κ1) is 22.7. The van der Waals surface area contributed by atoms with E-state index in [1.807, 2.05) is 10.5 Å². The Morgan fingerprint density at radius 2 is 1.84 bits per heavy atom. The number of nitrogens with two attached hydrogens (primary N) is 1. The Bertz CT molecular complexity index is 1680. The minimum Gasteiger partial charge on any atom is -0.383 e. The molecule has 5 aromatic rings. The maximum atomic E-state index is 13.6. The van der Waals surface area contributed by atoms with Crippen molar-refractivity contribution < 1.29 is 13.6 Å². The van der Waals surface area contributed by atoms with Crippen molar-refractivity contribution >= 4 is 23.2 Å². The molecule has 0 fully saturated rings. The molecular formula is C27H21F2N7O. The van der Waals surface area contributed by atoms with Crippen LogP contribution in [0.3, 0.4) is 0 Å². The second-order valence-electron chi connectivity index (χ2n) is 9.10. The molecule has 0 radical (unpaired) electrons. The maximum Gasteiger partial charge on any atom is 0.240 e. The van der Waals surface area contributed by atoms with Gasteiger partial charge in [-0.25, -0.2) is 28.7 Å². The molecule has 10 heteroatoms. The minimum atomic E-state index is -1.18. The molecule has 6 rings (SSSR count). The number of hydrogen-bond acceptors (Lipinski definition) is 6. The number of carbonyl (C=O) groups is 1. The van der Waals surface area contributed by atoms with Gasteiger partial charge < -0.3 is 15.5 Å². The number of carbonyl (C=O) groups excluding carboxylic acids is 1. The third-order valence-electron chi connectivity index (χ3n) is 6.76. The Balaban J connectivity index is 1.40. The highest BCUT2D eigenvalue weighted by atomic mass is 19.1. The van der Waals surface area contributed by atoms with Gasteiger partial charge in [-0.05, 0) is 55.2 Å². The van der Waals surface area contributed by atoms with Gasteiger partial charge in [-0.2, -0.15) is 0 Å². The fourth-order valence-corrected chi connectivity index (χ4v) is 4.81. The van der Waals surface area contributed by atoms with Crippen LogP contribution >= 0.6 is 0 Å². The van der Waals surface area contributed by atoms with Crippen LogP contribution in [0.1, 0.15) is 29.3 Å². The lowest BCUT2D eigenvalue weighted by atomic mass is 9.78. The number of rotatable bonds is 5. The van der Waals surface area contributed by atoms with Crippen LogP contribution in [0.25, 0.3) is 17.2 Å². The summed E-state index contributed by atoms with van der Waals surface area (Å²) in [4.78, 5) is 31.4. The lowest BCUT2D eigenvalue weighted by Gasteiger charge is -2.23. The Labute approximate surface area is 210 Å². The molecule has 37 heavy (non-hydrogen) atoms. The molecule has 0 spiro atoms. The summed E-state index contributed by atoms with van der Waals surface area (Å²) in [7, 11) is 0. The van der Waals surface area contributed by atoms with Crippen LogP contribution in [0.2, 0.25) is 0 Å². The number of nitrogen functional groups attached to an aromatic ring is 1. The molecule has 4 heterocycles. The summed E-state index contributed by atoms with van der Waals surface area (Å²) in [5.74, 6) is -0.377. The quantitative estimate of drug-likeness (QED) is 0.378. The molecule has 1 aliphatic heterocycles. The van der Waals surface area contributed by atoms with Crippen molar-refractivity contribution in [1.82, 2.24) is 24.3 Å². The number of benzene rings is 2. The number of halogens is 2. The van der Waals surface area contributed by atoms with Crippen molar-refractivity contribution in [2.45, 2.75) is 25.2 Å². The van der Waals surface area contributed by atoms with Crippen LogP contribution in [0.4, 0.5) is 20.4 Å². The van der Waals surface area contributed by atoms with Gasteiger partial charge in [-0.15, -0.1) is 0 Å². The third kappa shape index (κ3) is 3.77. The first-order valence-corrected chi connectivity index (χ1v) is 11.7. The number of hydrogen-bond donors (Lipinski definition) is 2. The number of fused-ring (bicyclic) bond motifs is 2. The van der Waals surface area contributed by atoms with Crippen molar-refractivity contribution in [1.29, 1.82) is 0 Å². The van der Waals surface area contributed by atoms with Crippen molar-refractivity contribution in [2.75, 3.05) is 11.1 Å². The summed E-state index contributed by atoms with van der Waals surface area (Å²) in [6.07, 6.45) is 6.27. The van der Waals surface area contributed by atoms with Crippen LogP contribution in [-0.4, -0.2) is 30.2 Å². The number of amides is 1. The van der Waals surface area contributed by atoms with Crippen molar-refractivity contribution in [3.05, 3.63) is 101 Å². The fourth-order valence-electron chi connectivity index (χ4n) is 4.81. The normalized spacial score (nSPS) is 16.7. The van der Waals surface area contributed by atoms with Gasteiger partial charge in [0.2, 0.25) is 5.91 Å². The zero-order valence-corrected chi connectivity index (χ0v) is 19.7. The molecule has 3 aromatic heterocycles. The van der Waals surface area contributed by atoms with Gasteiger partial charge in [0.25, 0.3) is 0 Å². The second kappa shape index (κ2) is 8.44. The summed E-state index contributed by atoms with van der Waals surface area (Å²) in [6.45, 7) is 1.71. The number of anilines is 2. The van der Waals surface area contributed by atoms with E-state index in [1.165, 1.54) is 24.3 Å². The molecule has 1 aliphatic rings. The molecule has 3 N–H and O–H groups in total. The Kier molecular flexibility index (Phi) is 5.18. The van der Waals surface area contributed by atoms with Crippen LogP contribution in [0, 0.1) is 11.6 Å². The average molecular weight is 498 g/mol. The summed E-state index contributed by atoms with van der Waals surface area (Å²) in [5, 5.41) is 2.80. The van der Waals surface area contributed by atoms with Gasteiger partial charge in [0.1, 0.15) is 34.4 Å². The number of imidazole rings is 1. The Morgan fingerprint density at radius 1 is 1.03 bits per heavy atom. The monoisotopic (exact) mass is 497 g/mol. The van der Waals surface area contributed by atoms with Crippen molar-refractivity contribution in [2.24, 2.45) is 0 Å². The summed E-state index contributed by atoms with van der Waals surface area (Å²) >= 11 is 0. The maximum absolute atomic E-state index is 13.6. The molecule has 1 unspecified atom stereocenters. The lowest BCUT2D eigenvalue weighted by molar-refractivity contribution is -0.119. The number of aromatic nitrogens is 5. The predicted molar refractivity (Wildman–Crippen MR) is 134 cm³/mol. The van der Waals surface area contributed by atoms with Gasteiger partial charge >= 0.3 is 0 Å². The third-order valence-corrected chi connectivity index (χ3v) is 6.76. The van der Waals surface area contributed by atoms with Crippen molar-refractivity contribution in [3.8, 4) is 11.5 Å². The van der Waals surface area contributed by atoms with Gasteiger partial charge in [0.05, 0.1) is 11.3 Å². The molecule has 0 saturated carbocycles. The van der Waals surface area contributed by atoms with Gasteiger partial charge in [-0.3, -0.25) is 4.79 Å². The van der Waals surface area contributed by atoms with E-state index in [0.29, 0.717) is 41.0 Å². The number of nitrogens with one attached hydrogen (secondary N) is 1. The van der Waals surface area contributed by atoms with Gasteiger partial charge in [0, 0.05) is 18.6 Å². The molecule has 1 atom stereocenters. The van der Waals surface area contributed by atoms with Crippen LogP contribution in [0.5, 0.6) is 0 Å². The smallest absolute Gasteiger partial charge is 0.240 e. The topological polar surface area (TPSA) is 111 Å². The highest BCUT2D eigenvalue weighted by molar-refractivity contribution is 6.09. The van der Waals surface area contributed by atoms with Crippen molar-refractivity contribution in [3.63, 3.8) is 0 Å². The molecule has 184 valence electrons. The number of aryl methyl sites for hydroxylation is 2. The number of nitrogens with zero attached hydrogens (tertiary/aromatic N) is 5.